The Morgan fingerprint density at radius 1 is 0.895 bits per heavy atom. The molecule has 0 aliphatic carbocycles. The van der Waals surface area contributed by atoms with E-state index in [1.807, 2.05) is 6.92 Å². The number of benzene rings is 3. The molecule has 10 heteroatoms. The topological polar surface area (TPSA) is 85.3 Å². The number of ketones is 1. The highest BCUT2D eigenvalue weighted by Gasteiger charge is 2.47. The van der Waals surface area contributed by atoms with Gasteiger partial charge in [-0.25, -0.2) is 0 Å². The molecule has 0 spiro atoms. The molecule has 3 aromatic carbocycles. The number of alkyl halides is 3. The lowest BCUT2D eigenvalue weighted by molar-refractivity contribution is -0.274. The van der Waals surface area contributed by atoms with E-state index >= 15 is 0 Å². The second-order valence-electron chi connectivity index (χ2n) is 8.15. The van der Waals surface area contributed by atoms with Crippen molar-refractivity contribution >= 4 is 23.1 Å². The standard InChI is InChI=1S/C28H24F3NO6/c1-3-36-20-14-15-21(22(16-20)37-4-2)25(33)23-24(17-8-6-5-7-9-17)32(27(35)26(23)34)18-10-12-19(13-11-18)38-28(29,30)31/h5-16,24,33H,3-4H2,1-2H3/b25-23-. The Kier molecular flexibility index (Phi) is 7.61. The van der Waals surface area contributed by atoms with E-state index in [0.717, 1.165) is 17.0 Å². The van der Waals surface area contributed by atoms with Crippen molar-refractivity contribution in [3.8, 4) is 17.2 Å². The van der Waals surface area contributed by atoms with Crippen molar-refractivity contribution < 1.29 is 42.1 Å². The summed E-state index contributed by atoms with van der Waals surface area (Å²) in [6.07, 6.45) is -4.88. The summed E-state index contributed by atoms with van der Waals surface area (Å²) < 4.78 is 52.9. The summed E-state index contributed by atoms with van der Waals surface area (Å²) in [5.74, 6) is -2.10. The zero-order chi connectivity index (χ0) is 27.4. The van der Waals surface area contributed by atoms with E-state index in [0.29, 0.717) is 17.9 Å². The molecule has 0 aromatic heterocycles. The Morgan fingerprint density at radius 3 is 2.13 bits per heavy atom. The number of anilines is 1. The minimum Gasteiger partial charge on any atom is -0.507 e. The SMILES string of the molecule is CCOc1ccc(/C(O)=C2/C(=O)C(=O)N(c3ccc(OC(F)(F)F)cc3)C2c2ccccc2)c(OCC)c1. The molecular formula is C28H24F3NO6. The molecule has 1 saturated heterocycles. The van der Waals surface area contributed by atoms with Crippen molar-refractivity contribution in [2.75, 3.05) is 18.1 Å². The van der Waals surface area contributed by atoms with Crippen LogP contribution in [0.3, 0.4) is 0 Å². The van der Waals surface area contributed by atoms with Crippen LogP contribution in [0, 0.1) is 0 Å². The Hall–Kier alpha value is -4.47. The summed E-state index contributed by atoms with van der Waals surface area (Å²) >= 11 is 0. The van der Waals surface area contributed by atoms with Gasteiger partial charge in [0.1, 0.15) is 23.0 Å². The second-order valence-corrected chi connectivity index (χ2v) is 8.15. The molecule has 0 radical (unpaired) electrons. The quantitative estimate of drug-likeness (QED) is 0.220. The van der Waals surface area contributed by atoms with E-state index in [1.54, 1.807) is 49.4 Å². The molecule has 1 unspecified atom stereocenters. The molecule has 38 heavy (non-hydrogen) atoms. The third-order valence-electron chi connectivity index (χ3n) is 5.73. The van der Waals surface area contributed by atoms with Gasteiger partial charge >= 0.3 is 6.36 Å². The molecule has 1 amide bonds. The number of carbonyl (C=O) groups is 2. The number of hydrogen-bond donors (Lipinski definition) is 1. The number of Topliss-reactive ketones (excluding diaryl/α,β-unsaturated/α-hetero) is 1. The third-order valence-corrected chi connectivity index (χ3v) is 5.73. The number of carbonyl (C=O) groups excluding carboxylic acids is 2. The number of hydrogen-bond acceptors (Lipinski definition) is 6. The Bertz CT molecular complexity index is 1350. The number of rotatable bonds is 8. The predicted octanol–water partition coefficient (Wildman–Crippen LogP) is 6.01. The average molecular weight is 527 g/mol. The van der Waals surface area contributed by atoms with Gasteiger partial charge in [0, 0.05) is 11.8 Å². The Labute approximate surface area is 216 Å². The van der Waals surface area contributed by atoms with E-state index in [4.69, 9.17) is 9.47 Å². The lowest BCUT2D eigenvalue weighted by atomic mass is 9.95. The number of ether oxygens (including phenoxy) is 3. The maximum atomic E-state index is 13.3. The molecule has 1 aliphatic rings. The maximum Gasteiger partial charge on any atom is 0.573 e. The van der Waals surface area contributed by atoms with Crippen LogP contribution in [0.4, 0.5) is 18.9 Å². The molecule has 7 nitrogen and oxygen atoms in total. The molecule has 0 saturated carbocycles. The largest absolute Gasteiger partial charge is 0.573 e. The van der Waals surface area contributed by atoms with Gasteiger partial charge in [-0.05, 0) is 55.8 Å². The van der Waals surface area contributed by atoms with Gasteiger partial charge in [0.05, 0.1) is 30.4 Å². The molecule has 1 heterocycles. The van der Waals surface area contributed by atoms with E-state index in [1.165, 1.54) is 18.2 Å². The van der Waals surface area contributed by atoms with Crippen LogP contribution in [-0.4, -0.2) is 36.4 Å². The van der Waals surface area contributed by atoms with Crippen LogP contribution in [0.5, 0.6) is 17.2 Å². The highest BCUT2D eigenvalue weighted by atomic mass is 19.4. The normalized spacial score (nSPS) is 17.0. The molecule has 1 fully saturated rings. The first kappa shape index (κ1) is 26.6. The minimum atomic E-state index is -4.88. The van der Waals surface area contributed by atoms with Crippen molar-refractivity contribution in [3.05, 3.63) is 89.5 Å². The lowest BCUT2D eigenvalue weighted by Crippen LogP contribution is -2.29. The fourth-order valence-corrected chi connectivity index (χ4v) is 4.23. The van der Waals surface area contributed by atoms with Gasteiger partial charge in [0.2, 0.25) is 0 Å². The molecule has 1 atom stereocenters. The van der Waals surface area contributed by atoms with Crippen molar-refractivity contribution in [2.24, 2.45) is 0 Å². The first-order valence-corrected chi connectivity index (χ1v) is 11.8. The number of halogens is 3. The van der Waals surface area contributed by atoms with Gasteiger partial charge in [-0.15, -0.1) is 13.2 Å². The summed E-state index contributed by atoms with van der Waals surface area (Å²) in [4.78, 5) is 27.7. The lowest BCUT2D eigenvalue weighted by Gasteiger charge is -2.26. The fourth-order valence-electron chi connectivity index (χ4n) is 4.23. The summed E-state index contributed by atoms with van der Waals surface area (Å²) in [6, 6.07) is 16.7. The van der Waals surface area contributed by atoms with Crippen molar-refractivity contribution in [2.45, 2.75) is 26.3 Å². The maximum absolute atomic E-state index is 13.3. The van der Waals surface area contributed by atoms with Gasteiger partial charge in [0.15, 0.2) is 0 Å². The van der Waals surface area contributed by atoms with Crippen LogP contribution >= 0.6 is 0 Å². The number of aliphatic hydroxyl groups is 1. The minimum absolute atomic E-state index is 0.145. The Morgan fingerprint density at radius 2 is 1.53 bits per heavy atom. The van der Waals surface area contributed by atoms with Gasteiger partial charge in [0.25, 0.3) is 11.7 Å². The summed E-state index contributed by atoms with van der Waals surface area (Å²) in [5, 5.41) is 11.4. The van der Waals surface area contributed by atoms with Crippen LogP contribution in [0.15, 0.2) is 78.4 Å². The van der Waals surface area contributed by atoms with Crippen LogP contribution in [0.2, 0.25) is 0 Å². The average Bonchev–Trinajstić information content (AvgIpc) is 3.15. The molecule has 4 rings (SSSR count). The zero-order valence-corrected chi connectivity index (χ0v) is 20.5. The summed E-state index contributed by atoms with van der Waals surface area (Å²) in [7, 11) is 0. The van der Waals surface area contributed by atoms with Crippen molar-refractivity contribution in [1.82, 2.24) is 0 Å². The number of amides is 1. The van der Waals surface area contributed by atoms with E-state index in [-0.39, 0.29) is 29.2 Å². The monoisotopic (exact) mass is 527 g/mol. The number of nitrogens with zero attached hydrogens (tertiary/aromatic N) is 1. The Balaban J connectivity index is 1.86. The van der Waals surface area contributed by atoms with Crippen molar-refractivity contribution in [3.63, 3.8) is 0 Å². The predicted molar refractivity (Wildman–Crippen MR) is 133 cm³/mol. The molecule has 1 N–H and O–H groups in total. The fraction of sp³-hybridized carbons (Fsp3) is 0.214. The highest BCUT2D eigenvalue weighted by Crippen LogP contribution is 2.44. The highest BCUT2D eigenvalue weighted by molar-refractivity contribution is 6.51. The number of aliphatic hydroxyl groups excluding tert-OH is 1. The van der Waals surface area contributed by atoms with Crippen LogP contribution in [0.25, 0.3) is 5.76 Å². The molecular weight excluding hydrogens is 503 g/mol. The molecule has 198 valence electrons. The third kappa shape index (κ3) is 5.44. The molecule has 3 aromatic rings. The molecule has 1 aliphatic heterocycles. The van der Waals surface area contributed by atoms with Gasteiger partial charge in [-0.3, -0.25) is 14.5 Å². The van der Waals surface area contributed by atoms with Crippen LogP contribution in [0.1, 0.15) is 31.0 Å². The van der Waals surface area contributed by atoms with Crippen molar-refractivity contribution in [1.29, 1.82) is 0 Å². The molecule has 0 bridgehead atoms. The van der Waals surface area contributed by atoms with Crippen LogP contribution in [-0.2, 0) is 9.59 Å². The van der Waals surface area contributed by atoms with E-state index < -0.39 is 35.6 Å². The van der Waals surface area contributed by atoms with Gasteiger partial charge in [-0.2, -0.15) is 0 Å². The van der Waals surface area contributed by atoms with Crippen LogP contribution < -0.4 is 19.1 Å². The second kappa shape index (κ2) is 10.9. The first-order valence-electron chi connectivity index (χ1n) is 11.8. The summed E-state index contributed by atoms with van der Waals surface area (Å²) in [5.41, 5.74) is 0.643. The van der Waals surface area contributed by atoms with E-state index in [9.17, 15) is 27.9 Å². The van der Waals surface area contributed by atoms with Gasteiger partial charge in [-0.1, -0.05) is 30.3 Å². The zero-order valence-electron chi connectivity index (χ0n) is 20.5. The smallest absolute Gasteiger partial charge is 0.507 e. The van der Waals surface area contributed by atoms with Gasteiger partial charge < -0.3 is 19.3 Å². The first-order chi connectivity index (χ1) is 18.1. The van der Waals surface area contributed by atoms with E-state index in [2.05, 4.69) is 4.74 Å². The summed E-state index contributed by atoms with van der Waals surface area (Å²) in [6.45, 7) is 4.24.